The molecule has 1 heterocycles. The summed E-state index contributed by atoms with van der Waals surface area (Å²) in [6, 6.07) is 31.1. The zero-order chi connectivity index (χ0) is 23.8. The van der Waals surface area contributed by atoms with Crippen LogP contribution in [-0.4, -0.2) is 41.9 Å². The molecular weight excluding hydrogens is 420 g/mol. The summed E-state index contributed by atoms with van der Waals surface area (Å²) in [5, 5.41) is 12.8. The lowest BCUT2D eigenvalue weighted by atomic mass is 9.96. The van der Waals surface area contributed by atoms with Gasteiger partial charge in [-0.3, -0.25) is 9.69 Å². The molecule has 1 aliphatic heterocycles. The van der Waals surface area contributed by atoms with Crippen molar-refractivity contribution < 1.29 is 4.79 Å². The number of hydrogen-bond acceptors (Lipinski definition) is 4. The summed E-state index contributed by atoms with van der Waals surface area (Å²) in [6.07, 6.45) is 2.42. The van der Waals surface area contributed by atoms with Crippen LogP contribution in [0.25, 0.3) is 0 Å². The SMILES string of the molecule is CCc1ccccc1N/C=C(/C#N)C(=O)N1CCN(C(c2ccccc2)c2ccccc2)CC1. The molecule has 0 aliphatic carbocycles. The number of amides is 1. The Morgan fingerprint density at radius 3 is 2.03 bits per heavy atom. The summed E-state index contributed by atoms with van der Waals surface area (Å²) >= 11 is 0. The van der Waals surface area contributed by atoms with Crippen LogP contribution in [0.1, 0.15) is 29.7 Å². The number of aryl methyl sites for hydroxylation is 1. The number of nitriles is 1. The Morgan fingerprint density at radius 1 is 0.912 bits per heavy atom. The molecule has 0 atom stereocenters. The Labute approximate surface area is 201 Å². The standard InChI is InChI=1S/C29H30N4O/c1-2-23-11-9-10-16-27(23)31-22-26(21-30)29(34)33-19-17-32(18-20-33)28(24-12-5-3-6-13-24)25-14-7-4-8-15-25/h3-16,22,28,31H,2,17-20H2,1H3/b26-22-. The van der Waals surface area contributed by atoms with Crippen LogP contribution < -0.4 is 5.32 Å². The Kier molecular flexibility index (Phi) is 7.75. The third kappa shape index (κ3) is 5.36. The van der Waals surface area contributed by atoms with Gasteiger partial charge < -0.3 is 10.2 Å². The molecule has 0 saturated carbocycles. The van der Waals surface area contributed by atoms with Crippen molar-refractivity contribution in [1.82, 2.24) is 9.80 Å². The molecular formula is C29H30N4O. The van der Waals surface area contributed by atoms with Gasteiger partial charge in [0, 0.05) is 38.1 Å². The van der Waals surface area contributed by atoms with E-state index in [0.717, 1.165) is 30.8 Å². The normalized spacial score (nSPS) is 14.6. The summed E-state index contributed by atoms with van der Waals surface area (Å²) in [6.45, 7) is 4.73. The summed E-state index contributed by atoms with van der Waals surface area (Å²) in [7, 11) is 0. The fourth-order valence-electron chi connectivity index (χ4n) is 4.50. The van der Waals surface area contributed by atoms with Gasteiger partial charge in [-0.2, -0.15) is 5.26 Å². The molecule has 1 amide bonds. The predicted molar refractivity (Wildman–Crippen MR) is 136 cm³/mol. The monoisotopic (exact) mass is 450 g/mol. The van der Waals surface area contributed by atoms with Gasteiger partial charge >= 0.3 is 0 Å². The van der Waals surface area contributed by atoms with E-state index in [1.165, 1.54) is 11.1 Å². The predicted octanol–water partition coefficient (Wildman–Crippen LogP) is 5.00. The highest BCUT2D eigenvalue weighted by Crippen LogP contribution is 2.29. The minimum Gasteiger partial charge on any atom is -0.360 e. The maximum atomic E-state index is 13.1. The largest absolute Gasteiger partial charge is 0.360 e. The number of nitrogens with one attached hydrogen (secondary N) is 1. The molecule has 5 heteroatoms. The van der Waals surface area contributed by atoms with Crippen molar-refractivity contribution in [2.24, 2.45) is 0 Å². The van der Waals surface area contributed by atoms with Gasteiger partial charge in [0.1, 0.15) is 11.6 Å². The highest BCUT2D eigenvalue weighted by Gasteiger charge is 2.29. The van der Waals surface area contributed by atoms with E-state index in [2.05, 4.69) is 71.7 Å². The number of benzene rings is 3. The van der Waals surface area contributed by atoms with Gasteiger partial charge in [-0.15, -0.1) is 0 Å². The van der Waals surface area contributed by atoms with Gasteiger partial charge in [-0.05, 0) is 29.2 Å². The zero-order valence-electron chi connectivity index (χ0n) is 19.5. The van der Waals surface area contributed by atoms with E-state index >= 15 is 0 Å². The molecule has 0 spiro atoms. The van der Waals surface area contributed by atoms with Gasteiger partial charge in [0.25, 0.3) is 5.91 Å². The van der Waals surface area contributed by atoms with E-state index in [9.17, 15) is 10.1 Å². The van der Waals surface area contributed by atoms with Crippen LogP contribution in [0.2, 0.25) is 0 Å². The van der Waals surface area contributed by atoms with Crippen molar-refractivity contribution >= 4 is 11.6 Å². The van der Waals surface area contributed by atoms with Crippen molar-refractivity contribution in [1.29, 1.82) is 5.26 Å². The maximum absolute atomic E-state index is 13.1. The van der Waals surface area contributed by atoms with E-state index in [1.54, 1.807) is 11.1 Å². The van der Waals surface area contributed by atoms with E-state index in [-0.39, 0.29) is 17.5 Å². The van der Waals surface area contributed by atoms with Crippen molar-refractivity contribution in [2.75, 3.05) is 31.5 Å². The van der Waals surface area contributed by atoms with Crippen LogP contribution >= 0.6 is 0 Å². The minimum absolute atomic E-state index is 0.127. The average Bonchev–Trinajstić information content (AvgIpc) is 2.91. The summed E-state index contributed by atoms with van der Waals surface area (Å²) < 4.78 is 0. The summed E-state index contributed by atoms with van der Waals surface area (Å²) in [5.74, 6) is -0.223. The van der Waals surface area contributed by atoms with Gasteiger partial charge in [0.15, 0.2) is 0 Å². The summed E-state index contributed by atoms with van der Waals surface area (Å²) in [4.78, 5) is 17.3. The highest BCUT2D eigenvalue weighted by molar-refractivity contribution is 5.97. The number of anilines is 1. The first kappa shape index (κ1) is 23.3. The molecule has 172 valence electrons. The molecule has 1 fully saturated rings. The molecule has 0 bridgehead atoms. The number of hydrogen-bond donors (Lipinski definition) is 1. The molecule has 4 rings (SSSR count). The Bertz CT molecular complexity index is 1120. The van der Waals surface area contributed by atoms with Crippen molar-refractivity contribution in [2.45, 2.75) is 19.4 Å². The number of nitrogens with zero attached hydrogens (tertiary/aromatic N) is 3. The molecule has 0 unspecified atom stereocenters. The average molecular weight is 451 g/mol. The van der Waals surface area contributed by atoms with Gasteiger partial charge in [0.2, 0.25) is 0 Å². The van der Waals surface area contributed by atoms with Gasteiger partial charge in [0.05, 0.1) is 6.04 Å². The molecule has 3 aromatic carbocycles. The minimum atomic E-state index is -0.223. The van der Waals surface area contributed by atoms with Gasteiger partial charge in [-0.25, -0.2) is 0 Å². The van der Waals surface area contributed by atoms with Crippen molar-refractivity contribution in [3.63, 3.8) is 0 Å². The van der Waals surface area contributed by atoms with Gasteiger partial charge in [-0.1, -0.05) is 85.8 Å². The fourth-order valence-corrected chi connectivity index (χ4v) is 4.50. The number of carbonyl (C=O) groups is 1. The Morgan fingerprint density at radius 2 is 1.47 bits per heavy atom. The lowest BCUT2D eigenvalue weighted by molar-refractivity contribution is -0.128. The Balaban J connectivity index is 1.45. The molecule has 0 aromatic heterocycles. The highest BCUT2D eigenvalue weighted by atomic mass is 16.2. The number of piperazine rings is 1. The molecule has 3 aromatic rings. The topological polar surface area (TPSA) is 59.4 Å². The third-order valence-electron chi connectivity index (χ3n) is 6.32. The first-order valence-corrected chi connectivity index (χ1v) is 11.8. The lowest BCUT2D eigenvalue weighted by Crippen LogP contribution is -2.50. The molecule has 1 saturated heterocycles. The second-order valence-electron chi connectivity index (χ2n) is 8.38. The Hall–Kier alpha value is -3.88. The van der Waals surface area contributed by atoms with Crippen molar-refractivity contribution in [3.8, 4) is 6.07 Å². The van der Waals surface area contributed by atoms with E-state index in [1.807, 2.05) is 36.4 Å². The quantitative estimate of drug-likeness (QED) is 0.406. The van der Waals surface area contributed by atoms with Crippen LogP contribution in [0.4, 0.5) is 5.69 Å². The van der Waals surface area contributed by atoms with E-state index < -0.39 is 0 Å². The summed E-state index contributed by atoms with van der Waals surface area (Å²) in [5.41, 5.74) is 4.67. The molecule has 0 radical (unpaired) electrons. The number of rotatable bonds is 7. The van der Waals surface area contributed by atoms with E-state index in [0.29, 0.717) is 13.1 Å². The molecule has 1 aliphatic rings. The maximum Gasteiger partial charge on any atom is 0.266 e. The van der Waals surface area contributed by atoms with Crippen LogP contribution in [0.3, 0.4) is 0 Å². The van der Waals surface area contributed by atoms with Crippen LogP contribution in [0.5, 0.6) is 0 Å². The zero-order valence-corrected chi connectivity index (χ0v) is 19.5. The molecule has 1 N–H and O–H groups in total. The first-order chi connectivity index (χ1) is 16.7. The molecule has 34 heavy (non-hydrogen) atoms. The van der Waals surface area contributed by atoms with Crippen LogP contribution in [0.15, 0.2) is 96.7 Å². The van der Waals surface area contributed by atoms with Crippen LogP contribution in [-0.2, 0) is 11.2 Å². The smallest absolute Gasteiger partial charge is 0.266 e. The third-order valence-corrected chi connectivity index (χ3v) is 6.32. The van der Waals surface area contributed by atoms with Crippen molar-refractivity contribution in [3.05, 3.63) is 113 Å². The molecule has 5 nitrogen and oxygen atoms in total. The lowest BCUT2D eigenvalue weighted by Gasteiger charge is -2.39. The van der Waals surface area contributed by atoms with E-state index in [4.69, 9.17) is 0 Å². The van der Waals surface area contributed by atoms with Crippen LogP contribution in [0, 0.1) is 11.3 Å². The number of carbonyl (C=O) groups excluding carboxylic acids is 1. The second-order valence-corrected chi connectivity index (χ2v) is 8.38. The second kappa shape index (κ2) is 11.3. The number of para-hydroxylation sites is 1. The first-order valence-electron chi connectivity index (χ1n) is 11.8. The fraction of sp³-hybridized carbons (Fsp3) is 0.241.